The van der Waals surface area contributed by atoms with Gasteiger partial charge in [0, 0.05) is 30.1 Å². The molecule has 1 N–H and O–H groups in total. The molecule has 36 heavy (non-hydrogen) atoms. The minimum Gasteiger partial charge on any atom is -0.489 e. The molecule has 0 unspecified atom stereocenters. The second kappa shape index (κ2) is 8.82. The number of likely N-dealkylation sites (tertiary alicyclic amines) is 1. The molecule has 0 radical (unpaired) electrons. The molecule has 0 saturated carbocycles. The van der Waals surface area contributed by atoms with Gasteiger partial charge in [-0.2, -0.15) is 13.2 Å². The average molecular weight is 493 g/mol. The van der Waals surface area contributed by atoms with E-state index in [2.05, 4.69) is 21.5 Å². The van der Waals surface area contributed by atoms with Crippen LogP contribution in [0.2, 0.25) is 0 Å². The SMILES string of the molecule is C=CC(=O)N1CC[C@]1(C)COc1cnccc1-c1[nH]c2cccnc2c1-c1cccc(C(F)(F)F)c1. The molecule has 1 aliphatic rings. The maximum Gasteiger partial charge on any atom is 0.416 e. The summed E-state index contributed by atoms with van der Waals surface area (Å²) in [6, 6.07) is 10.5. The van der Waals surface area contributed by atoms with E-state index < -0.39 is 17.3 Å². The van der Waals surface area contributed by atoms with E-state index in [1.165, 1.54) is 12.1 Å². The average Bonchev–Trinajstić information content (AvgIpc) is 3.25. The summed E-state index contributed by atoms with van der Waals surface area (Å²) in [6.07, 6.45) is 2.33. The molecule has 4 heterocycles. The highest BCUT2D eigenvalue weighted by Crippen LogP contribution is 2.42. The number of nitrogens with zero attached hydrogens (tertiary/aromatic N) is 3. The van der Waals surface area contributed by atoms with E-state index >= 15 is 0 Å². The summed E-state index contributed by atoms with van der Waals surface area (Å²) in [4.78, 5) is 25.8. The Labute approximate surface area is 205 Å². The van der Waals surface area contributed by atoms with Crippen molar-refractivity contribution in [1.29, 1.82) is 0 Å². The van der Waals surface area contributed by atoms with Crippen LogP contribution in [0.1, 0.15) is 18.9 Å². The monoisotopic (exact) mass is 492 g/mol. The second-order valence-electron chi connectivity index (χ2n) is 8.95. The van der Waals surface area contributed by atoms with Crippen LogP contribution in [0.5, 0.6) is 5.75 Å². The zero-order valence-corrected chi connectivity index (χ0v) is 19.5. The van der Waals surface area contributed by atoms with Crippen molar-refractivity contribution < 1.29 is 22.7 Å². The van der Waals surface area contributed by atoms with Crippen molar-refractivity contribution >= 4 is 16.9 Å². The van der Waals surface area contributed by atoms with E-state index in [4.69, 9.17) is 4.74 Å². The van der Waals surface area contributed by atoms with Crippen LogP contribution in [0.3, 0.4) is 0 Å². The number of hydrogen-bond acceptors (Lipinski definition) is 4. The van der Waals surface area contributed by atoms with Gasteiger partial charge in [0.15, 0.2) is 0 Å². The highest BCUT2D eigenvalue weighted by molar-refractivity contribution is 6.02. The van der Waals surface area contributed by atoms with Crippen molar-refractivity contribution in [2.75, 3.05) is 13.2 Å². The Balaban J connectivity index is 1.58. The van der Waals surface area contributed by atoms with Gasteiger partial charge in [-0.3, -0.25) is 14.8 Å². The molecule has 1 aliphatic heterocycles. The molecule has 9 heteroatoms. The number of alkyl halides is 3. The molecule has 1 amide bonds. The first kappa shape index (κ1) is 23.6. The molecule has 1 atom stereocenters. The summed E-state index contributed by atoms with van der Waals surface area (Å²) in [5.74, 6) is 0.281. The third kappa shape index (κ3) is 4.10. The first-order valence-electron chi connectivity index (χ1n) is 11.4. The summed E-state index contributed by atoms with van der Waals surface area (Å²) in [7, 11) is 0. The number of halogens is 3. The van der Waals surface area contributed by atoms with Gasteiger partial charge in [0.1, 0.15) is 12.4 Å². The number of nitrogens with one attached hydrogen (secondary N) is 1. The lowest BCUT2D eigenvalue weighted by atomic mass is 9.87. The maximum atomic E-state index is 13.5. The molecule has 184 valence electrons. The highest BCUT2D eigenvalue weighted by Gasteiger charge is 2.43. The Morgan fingerprint density at radius 3 is 2.81 bits per heavy atom. The molecule has 5 rings (SSSR count). The van der Waals surface area contributed by atoms with E-state index in [9.17, 15) is 18.0 Å². The van der Waals surface area contributed by atoms with Crippen LogP contribution in [-0.2, 0) is 11.0 Å². The number of benzene rings is 1. The summed E-state index contributed by atoms with van der Waals surface area (Å²) in [5, 5.41) is 0. The van der Waals surface area contributed by atoms with E-state index in [0.717, 1.165) is 18.6 Å². The predicted octanol–water partition coefficient (Wildman–Crippen LogP) is 5.87. The van der Waals surface area contributed by atoms with Crippen LogP contribution in [0.15, 0.2) is 73.7 Å². The molecule has 4 aromatic rings. The van der Waals surface area contributed by atoms with Crippen LogP contribution in [-0.4, -0.2) is 44.4 Å². The van der Waals surface area contributed by atoms with Gasteiger partial charge in [-0.05, 0) is 55.3 Å². The van der Waals surface area contributed by atoms with E-state index in [-0.39, 0.29) is 12.5 Å². The van der Waals surface area contributed by atoms with Crippen molar-refractivity contribution in [1.82, 2.24) is 19.9 Å². The van der Waals surface area contributed by atoms with E-state index in [1.807, 2.05) is 13.0 Å². The number of aromatic nitrogens is 3. The summed E-state index contributed by atoms with van der Waals surface area (Å²) >= 11 is 0. The van der Waals surface area contributed by atoms with Gasteiger partial charge in [0.25, 0.3) is 0 Å². The Morgan fingerprint density at radius 1 is 1.25 bits per heavy atom. The van der Waals surface area contributed by atoms with Gasteiger partial charge in [-0.25, -0.2) is 0 Å². The lowest BCUT2D eigenvalue weighted by Gasteiger charge is -2.49. The Morgan fingerprint density at radius 2 is 2.08 bits per heavy atom. The minimum atomic E-state index is -4.48. The number of aromatic amines is 1. The highest BCUT2D eigenvalue weighted by atomic mass is 19.4. The lowest BCUT2D eigenvalue weighted by Crippen LogP contribution is -2.62. The smallest absolute Gasteiger partial charge is 0.416 e. The first-order chi connectivity index (χ1) is 17.2. The molecule has 1 fully saturated rings. The van der Waals surface area contributed by atoms with Crippen molar-refractivity contribution in [3.05, 3.63) is 79.3 Å². The number of carbonyl (C=O) groups is 1. The number of H-pyrrole nitrogens is 1. The Bertz CT molecular complexity index is 1460. The van der Waals surface area contributed by atoms with Crippen LogP contribution in [0, 0.1) is 0 Å². The second-order valence-corrected chi connectivity index (χ2v) is 8.95. The van der Waals surface area contributed by atoms with Gasteiger partial charge >= 0.3 is 6.18 Å². The topological polar surface area (TPSA) is 71.1 Å². The summed E-state index contributed by atoms with van der Waals surface area (Å²) < 4.78 is 46.6. The quantitative estimate of drug-likeness (QED) is 0.342. The van der Waals surface area contributed by atoms with Crippen LogP contribution in [0.4, 0.5) is 13.2 Å². The standard InChI is InChI=1S/C27H23F3N4O2/c1-3-22(35)34-13-10-26(34,2)16-36-21-15-31-12-9-19(21)24-23(25-20(33-24)8-5-11-32-25)17-6-4-7-18(14-17)27(28,29)30/h3-9,11-12,14-15,33H,1,10,13,16H2,2H3/t26-/m1/s1. The fourth-order valence-corrected chi connectivity index (χ4v) is 4.53. The number of fused-ring (bicyclic) bond motifs is 1. The number of pyridine rings is 2. The van der Waals surface area contributed by atoms with E-state index in [0.29, 0.717) is 45.7 Å². The predicted molar refractivity (Wildman–Crippen MR) is 130 cm³/mol. The molecular formula is C27H23F3N4O2. The van der Waals surface area contributed by atoms with Crippen molar-refractivity contribution in [3.8, 4) is 28.1 Å². The fourth-order valence-electron chi connectivity index (χ4n) is 4.53. The zero-order valence-electron chi connectivity index (χ0n) is 19.5. The first-order valence-corrected chi connectivity index (χ1v) is 11.4. The molecule has 6 nitrogen and oxygen atoms in total. The summed E-state index contributed by atoms with van der Waals surface area (Å²) in [6.45, 7) is 6.35. The number of hydrogen-bond donors (Lipinski definition) is 1. The number of carbonyl (C=O) groups excluding carboxylic acids is 1. The Hall–Kier alpha value is -4.14. The molecule has 0 aliphatic carbocycles. The maximum absolute atomic E-state index is 13.5. The summed E-state index contributed by atoms with van der Waals surface area (Å²) in [5.41, 5.74) is 2.09. The van der Waals surface area contributed by atoms with Crippen molar-refractivity contribution in [3.63, 3.8) is 0 Å². The van der Waals surface area contributed by atoms with Gasteiger partial charge in [0.2, 0.25) is 5.91 Å². The molecular weight excluding hydrogens is 469 g/mol. The largest absolute Gasteiger partial charge is 0.489 e. The van der Waals surface area contributed by atoms with Gasteiger partial charge < -0.3 is 14.6 Å². The fraction of sp³-hybridized carbons (Fsp3) is 0.222. The number of ether oxygens (including phenoxy) is 1. The van der Waals surface area contributed by atoms with Crippen molar-refractivity contribution in [2.45, 2.75) is 25.1 Å². The van der Waals surface area contributed by atoms with Crippen LogP contribution in [0.25, 0.3) is 33.4 Å². The zero-order chi connectivity index (χ0) is 25.5. The molecule has 0 bridgehead atoms. The lowest BCUT2D eigenvalue weighted by molar-refractivity contribution is -0.143. The van der Waals surface area contributed by atoms with Gasteiger partial charge in [-0.15, -0.1) is 0 Å². The normalized spacial score (nSPS) is 17.6. The Kier molecular flexibility index (Phi) is 5.78. The van der Waals surface area contributed by atoms with Crippen LogP contribution < -0.4 is 4.74 Å². The van der Waals surface area contributed by atoms with Crippen molar-refractivity contribution in [2.24, 2.45) is 0 Å². The molecule has 3 aromatic heterocycles. The number of rotatable bonds is 6. The van der Waals surface area contributed by atoms with E-state index in [1.54, 1.807) is 41.7 Å². The molecule has 1 saturated heterocycles. The number of amides is 1. The third-order valence-electron chi connectivity index (χ3n) is 6.59. The van der Waals surface area contributed by atoms with Gasteiger partial charge in [-0.1, -0.05) is 18.7 Å². The molecule has 1 aromatic carbocycles. The minimum absolute atomic E-state index is 0.160. The van der Waals surface area contributed by atoms with Gasteiger partial charge in [0.05, 0.1) is 34.0 Å². The molecule has 0 spiro atoms. The van der Waals surface area contributed by atoms with Crippen LogP contribution >= 0.6 is 0 Å². The third-order valence-corrected chi connectivity index (χ3v) is 6.59.